The molecule has 0 atom stereocenters. The van der Waals surface area contributed by atoms with Crippen molar-refractivity contribution in [2.45, 2.75) is 27.2 Å². The number of rotatable bonds is 4. The fourth-order valence-corrected chi connectivity index (χ4v) is 0.636. The maximum atomic E-state index is 10.6. The van der Waals surface area contributed by atoms with Gasteiger partial charge in [0.05, 0.1) is 5.29 Å². The van der Waals surface area contributed by atoms with Crippen LogP contribution in [0, 0.1) is 10.8 Å². The highest BCUT2D eigenvalue weighted by Gasteiger charge is 2.08. The van der Waals surface area contributed by atoms with Crippen LogP contribution in [0.5, 0.6) is 0 Å². The minimum absolute atomic E-state index is 0.291. The fraction of sp³-hybridized carbons (Fsp3) is 0.857. The van der Waals surface area contributed by atoms with E-state index in [0.29, 0.717) is 12.5 Å². The van der Waals surface area contributed by atoms with Gasteiger partial charge in [0.25, 0.3) is 0 Å². The van der Waals surface area contributed by atoms with E-state index < -0.39 is 0 Å². The van der Waals surface area contributed by atoms with Gasteiger partial charge in [0.15, 0.2) is 0 Å². The van der Waals surface area contributed by atoms with E-state index in [-0.39, 0.29) is 5.91 Å². The van der Waals surface area contributed by atoms with Crippen molar-refractivity contribution in [1.82, 2.24) is 5.01 Å². The van der Waals surface area contributed by atoms with Crippen LogP contribution in [-0.2, 0) is 4.79 Å². The number of carbonyl (C=O) groups excluding carboxylic acids is 1. The lowest BCUT2D eigenvalue weighted by Crippen LogP contribution is -2.24. The molecule has 0 aromatic rings. The average molecular weight is 158 g/mol. The second-order valence-corrected chi connectivity index (χ2v) is 2.91. The van der Waals surface area contributed by atoms with E-state index in [1.54, 1.807) is 0 Å². The number of hydrogen-bond acceptors (Lipinski definition) is 3. The van der Waals surface area contributed by atoms with Crippen LogP contribution in [0.2, 0.25) is 0 Å². The summed E-state index contributed by atoms with van der Waals surface area (Å²) in [7, 11) is 0. The van der Waals surface area contributed by atoms with Gasteiger partial charge in [-0.05, 0) is 12.3 Å². The molecule has 0 bridgehead atoms. The molecule has 0 saturated heterocycles. The van der Waals surface area contributed by atoms with Crippen molar-refractivity contribution in [1.29, 1.82) is 0 Å². The molecule has 0 saturated carbocycles. The summed E-state index contributed by atoms with van der Waals surface area (Å²) in [5.41, 5.74) is 0. The summed E-state index contributed by atoms with van der Waals surface area (Å²) in [6, 6.07) is 0. The van der Waals surface area contributed by atoms with Gasteiger partial charge in [-0.1, -0.05) is 13.8 Å². The Morgan fingerprint density at radius 1 is 1.55 bits per heavy atom. The van der Waals surface area contributed by atoms with Gasteiger partial charge in [-0.25, -0.2) is 0 Å². The molecule has 0 heterocycles. The van der Waals surface area contributed by atoms with Crippen LogP contribution >= 0.6 is 0 Å². The van der Waals surface area contributed by atoms with Crippen LogP contribution < -0.4 is 0 Å². The third kappa shape index (κ3) is 4.47. The highest BCUT2D eigenvalue weighted by molar-refractivity contribution is 5.72. The predicted octanol–water partition coefficient (Wildman–Crippen LogP) is 1.56. The fourth-order valence-electron chi connectivity index (χ4n) is 0.636. The zero-order valence-electron chi connectivity index (χ0n) is 7.20. The first-order valence-electron chi connectivity index (χ1n) is 3.69. The van der Waals surface area contributed by atoms with Crippen LogP contribution in [0.1, 0.15) is 27.2 Å². The summed E-state index contributed by atoms with van der Waals surface area (Å²) in [5.74, 6) is 0.194. The molecular weight excluding hydrogens is 144 g/mol. The van der Waals surface area contributed by atoms with Crippen LogP contribution in [0.3, 0.4) is 0 Å². The quantitative estimate of drug-likeness (QED) is 0.460. The molecule has 11 heavy (non-hydrogen) atoms. The number of nitrogens with zero attached hydrogens (tertiary/aromatic N) is 2. The monoisotopic (exact) mass is 158 g/mol. The first-order valence-corrected chi connectivity index (χ1v) is 3.69. The van der Waals surface area contributed by atoms with E-state index in [0.717, 1.165) is 11.4 Å². The van der Waals surface area contributed by atoms with Crippen molar-refractivity contribution >= 4 is 5.91 Å². The zero-order chi connectivity index (χ0) is 8.85. The molecule has 0 N–H and O–H groups in total. The molecule has 0 aliphatic rings. The molecule has 0 fully saturated rings. The largest absolute Gasteiger partial charge is 0.273 e. The maximum absolute atomic E-state index is 10.6. The molecule has 0 aliphatic heterocycles. The molecule has 0 aromatic carbocycles. The normalized spacial score (nSPS) is 9.82. The van der Waals surface area contributed by atoms with Crippen LogP contribution in [0.25, 0.3) is 0 Å². The number of carbonyl (C=O) groups is 1. The van der Waals surface area contributed by atoms with Crippen molar-refractivity contribution in [2.75, 3.05) is 6.54 Å². The van der Waals surface area contributed by atoms with Gasteiger partial charge < -0.3 is 0 Å². The van der Waals surface area contributed by atoms with Gasteiger partial charge >= 0.3 is 0 Å². The third-order valence-corrected chi connectivity index (χ3v) is 1.38. The number of amides is 1. The summed E-state index contributed by atoms with van der Waals surface area (Å²) in [4.78, 5) is 20.6. The van der Waals surface area contributed by atoms with E-state index in [1.807, 2.05) is 13.8 Å². The number of nitroso groups, excluding NO2 is 1. The van der Waals surface area contributed by atoms with Gasteiger partial charge in [-0.3, -0.25) is 4.79 Å². The standard InChI is InChI=1S/C7H14N2O2/c1-6(2)4-5-9(8-11)7(3)10/h6H,4-5H2,1-3H3. The van der Waals surface area contributed by atoms with Crippen molar-refractivity contribution in [2.24, 2.45) is 11.2 Å². The summed E-state index contributed by atoms with van der Waals surface area (Å²) < 4.78 is 0. The van der Waals surface area contributed by atoms with Gasteiger partial charge in [0.2, 0.25) is 5.91 Å². The molecular formula is C7H14N2O2. The van der Waals surface area contributed by atoms with E-state index >= 15 is 0 Å². The molecule has 0 unspecified atom stereocenters. The van der Waals surface area contributed by atoms with E-state index in [2.05, 4.69) is 5.29 Å². The first-order chi connectivity index (χ1) is 5.07. The lowest BCUT2D eigenvalue weighted by Gasteiger charge is -2.11. The van der Waals surface area contributed by atoms with E-state index in [4.69, 9.17) is 0 Å². The second kappa shape index (κ2) is 4.82. The highest BCUT2D eigenvalue weighted by Crippen LogP contribution is 2.02. The Labute approximate surface area is 66.5 Å². The highest BCUT2D eigenvalue weighted by atomic mass is 16.3. The molecule has 0 aromatic heterocycles. The minimum Gasteiger partial charge on any atom is -0.273 e. The lowest BCUT2D eigenvalue weighted by atomic mass is 10.1. The molecule has 64 valence electrons. The molecule has 0 spiro atoms. The van der Waals surface area contributed by atoms with Crippen molar-refractivity contribution in [3.8, 4) is 0 Å². The number of hydrogen-bond donors (Lipinski definition) is 0. The first kappa shape index (κ1) is 10.1. The summed E-state index contributed by atoms with van der Waals surface area (Å²) in [6.07, 6.45) is 0.811. The molecule has 0 radical (unpaired) electrons. The molecule has 1 amide bonds. The minimum atomic E-state index is -0.291. The average Bonchev–Trinajstić information content (AvgIpc) is 1.87. The van der Waals surface area contributed by atoms with Gasteiger partial charge in [-0.15, -0.1) is 4.91 Å². The van der Waals surface area contributed by atoms with E-state index in [1.165, 1.54) is 6.92 Å². The molecule has 0 aliphatic carbocycles. The second-order valence-electron chi connectivity index (χ2n) is 2.91. The van der Waals surface area contributed by atoms with Gasteiger partial charge in [-0.2, -0.15) is 5.01 Å². The zero-order valence-corrected chi connectivity index (χ0v) is 7.20. The predicted molar refractivity (Wildman–Crippen MR) is 42.6 cm³/mol. The smallest absolute Gasteiger partial charge is 0.242 e. The Balaban J connectivity index is 3.70. The summed E-state index contributed by atoms with van der Waals surface area (Å²) in [6.45, 7) is 5.82. The van der Waals surface area contributed by atoms with Crippen molar-refractivity contribution in [3.63, 3.8) is 0 Å². The van der Waals surface area contributed by atoms with Crippen LogP contribution in [0.4, 0.5) is 0 Å². The van der Waals surface area contributed by atoms with Crippen LogP contribution in [-0.4, -0.2) is 17.5 Å². The van der Waals surface area contributed by atoms with E-state index in [9.17, 15) is 9.70 Å². The van der Waals surface area contributed by atoms with Crippen molar-refractivity contribution < 1.29 is 4.79 Å². The lowest BCUT2D eigenvalue weighted by molar-refractivity contribution is -0.129. The molecule has 4 nitrogen and oxygen atoms in total. The summed E-state index contributed by atoms with van der Waals surface area (Å²) in [5, 5.41) is 3.54. The molecule has 4 heteroatoms. The van der Waals surface area contributed by atoms with Crippen molar-refractivity contribution in [3.05, 3.63) is 4.91 Å². The topological polar surface area (TPSA) is 49.7 Å². The van der Waals surface area contributed by atoms with Gasteiger partial charge in [0.1, 0.15) is 0 Å². The summed E-state index contributed by atoms with van der Waals surface area (Å²) >= 11 is 0. The van der Waals surface area contributed by atoms with Crippen LogP contribution in [0.15, 0.2) is 5.29 Å². The molecule has 0 rings (SSSR count). The Hall–Kier alpha value is -0.930. The maximum Gasteiger partial charge on any atom is 0.242 e. The Bertz CT molecular complexity index is 145. The SMILES string of the molecule is CC(=O)N(CCC(C)C)N=O. The Morgan fingerprint density at radius 2 is 2.09 bits per heavy atom. The third-order valence-electron chi connectivity index (χ3n) is 1.38. The Morgan fingerprint density at radius 3 is 2.36 bits per heavy atom. The Kier molecular flexibility index (Phi) is 4.41. The van der Waals surface area contributed by atoms with Gasteiger partial charge in [0, 0.05) is 13.5 Å².